The minimum absolute atomic E-state index is 0.0116. The normalized spacial score (nSPS) is 21.3. The molecule has 1 aromatic heterocycles. The van der Waals surface area contributed by atoms with Gasteiger partial charge in [-0.1, -0.05) is 30.7 Å². The highest BCUT2D eigenvalue weighted by atomic mass is 32.2. The second-order valence-corrected chi connectivity index (χ2v) is 7.81. The fraction of sp³-hybridized carbons (Fsp3) is 0.278. The van der Waals surface area contributed by atoms with Crippen LogP contribution in [0.15, 0.2) is 63.6 Å². The first-order valence-electron chi connectivity index (χ1n) is 7.95. The van der Waals surface area contributed by atoms with Gasteiger partial charge in [-0.2, -0.15) is 4.31 Å². The summed E-state index contributed by atoms with van der Waals surface area (Å²) in [5.74, 6) is -0.859. The van der Waals surface area contributed by atoms with Crippen LogP contribution in [0.2, 0.25) is 0 Å². The van der Waals surface area contributed by atoms with Crippen LogP contribution in [0.25, 0.3) is 0 Å². The minimum Gasteiger partial charge on any atom is -0.478 e. The summed E-state index contributed by atoms with van der Waals surface area (Å²) in [6.07, 6.45) is 3.37. The van der Waals surface area contributed by atoms with Gasteiger partial charge in [-0.3, -0.25) is 0 Å². The lowest BCUT2D eigenvalue weighted by Crippen LogP contribution is -2.38. The molecule has 2 atom stereocenters. The van der Waals surface area contributed by atoms with Crippen molar-refractivity contribution in [1.29, 1.82) is 0 Å². The standard InChI is InChI=1S/C18H19NO5S/c1-3-13-11-15(18(20)21)17(16-5-4-10-24-16)19(13)25(22,23)14-8-6-12(2)7-9-14/h4-11,13,17H,3H2,1-2H3,(H,20,21)/t13-,17-/m0/s1. The maximum atomic E-state index is 13.2. The van der Waals surface area contributed by atoms with Crippen molar-refractivity contribution in [3.05, 3.63) is 65.6 Å². The zero-order valence-corrected chi connectivity index (χ0v) is 14.7. The van der Waals surface area contributed by atoms with Crippen molar-refractivity contribution >= 4 is 16.0 Å². The van der Waals surface area contributed by atoms with E-state index in [1.807, 2.05) is 13.8 Å². The molecule has 6 nitrogen and oxygen atoms in total. The van der Waals surface area contributed by atoms with E-state index in [1.165, 1.54) is 28.8 Å². The van der Waals surface area contributed by atoms with Crippen molar-refractivity contribution in [2.24, 2.45) is 0 Å². The summed E-state index contributed by atoms with van der Waals surface area (Å²) >= 11 is 0. The molecule has 1 aliphatic heterocycles. The van der Waals surface area contributed by atoms with Crippen molar-refractivity contribution in [3.8, 4) is 0 Å². The van der Waals surface area contributed by atoms with Gasteiger partial charge in [0.1, 0.15) is 11.8 Å². The number of furan rings is 1. The average molecular weight is 361 g/mol. The Bertz CT molecular complexity index is 897. The van der Waals surface area contributed by atoms with Crippen LogP contribution in [-0.2, 0) is 14.8 Å². The Kier molecular flexibility index (Phi) is 4.53. The fourth-order valence-electron chi connectivity index (χ4n) is 3.06. The molecule has 0 bridgehead atoms. The van der Waals surface area contributed by atoms with Crippen molar-refractivity contribution in [2.45, 2.75) is 37.2 Å². The number of carboxylic acids is 1. The molecular formula is C18H19NO5S. The van der Waals surface area contributed by atoms with Gasteiger partial charge in [-0.25, -0.2) is 13.2 Å². The van der Waals surface area contributed by atoms with Crippen molar-refractivity contribution in [2.75, 3.05) is 0 Å². The van der Waals surface area contributed by atoms with Crippen LogP contribution in [0.3, 0.4) is 0 Å². The molecule has 0 radical (unpaired) electrons. The molecule has 0 saturated heterocycles. The van der Waals surface area contributed by atoms with Gasteiger partial charge in [0.15, 0.2) is 0 Å². The Morgan fingerprint density at radius 1 is 1.24 bits per heavy atom. The summed E-state index contributed by atoms with van der Waals surface area (Å²) in [6.45, 7) is 3.69. The first-order chi connectivity index (χ1) is 11.9. The molecule has 3 rings (SSSR count). The molecule has 132 valence electrons. The van der Waals surface area contributed by atoms with E-state index in [0.717, 1.165) is 5.56 Å². The van der Waals surface area contributed by atoms with E-state index in [4.69, 9.17) is 4.42 Å². The minimum atomic E-state index is -3.90. The average Bonchev–Trinajstić information content (AvgIpc) is 3.22. The third-order valence-corrected chi connectivity index (χ3v) is 6.23. The second-order valence-electron chi connectivity index (χ2n) is 5.97. The van der Waals surface area contributed by atoms with Gasteiger partial charge >= 0.3 is 5.97 Å². The van der Waals surface area contributed by atoms with E-state index in [0.29, 0.717) is 12.2 Å². The number of carboxylic acid groups (broad SMARTS) is 1. The molecule has 0 unspecified atom stereocenters. The van der Waals surface area contributed by atoms with Crippen molar-refractivity contribution < 1.29 is 22.7 Å². The van der Waals surface area contributed by atoms with E-state index < -0.39 is 28.1 Å². The number of rotatable bonds is 5. The highest BCUT2D eigenvalue weighted by Gasteiger charge is 2.46. The van der Waals surface area contributed by atoms with Gasteiger partial charge in [-0.15, -0.1) is 0 Å². The number of nitrogens with zero attached hydrogens (tertiary/aromatic N) is 1. The second kappa shape index (κ2) is 6.50. The molecule has 25 heavy (non-hydrogen) atoms. The summed E-state index contributed by atoms with van der Waals surface area (Å²) in [7, 11) is -3.90. The molecule has 1 aromatic carbocycles. The third kappa shape index (κ3) is 3.01. The van der Waals surface area contributed by atoms with Crippen molar-refractivity contribution in [3.63, 3.8) is 0 Å². The Morgan fingerprint density at radius 2 is 1.92 bits per heavy atom. The predicted molar refractivity (Wildman–Crippen MR) is 91.5 cm³/mol. The lowest BCUT2D eigenvalue weighted by atomic mass is 10.1. The van der Waals surface area contributed by atoms with Gasteiger partial charge < -0.3 is 9.52 Å². The van der Waals surface area contributed by atoms with Gasteiger partial charge in [-0.05, 0) is 37.6 Å². The van der Waals surface area contributed by atoms with E-state index in [9.17, 15) is 18.3 Å². The van der Waals surface area contributed by atoms with Crippen LogP contribution in [0.5, 0.6) is 0 Å². The predicted octanol–water partition coefficient (Wildman–Crippen LogP) is 3.12. The number of hydrogen-bond acceptors (Lipinski definition) is 4. The number of hydrogen-bond donors (Lipinski definition) is 1. The monoisotopic (exact) mass is 361 g/mol. The quantitative estimate of drug-likeness (QED) is 0.884. The van der Waals surface area contributed by atoms with E-state index in [2.05, 4.69) is 0 Å². The highest BCUT2D eigenvalue weighted by Crippen LogP contribution is 2.42. The summed E-state index contributed by atoms with van der Waals surface area (Å²) in [5.41, 5.74) is 0.955. The van der Waals surface area contributed by atoms with Gasteiger partial charge in [0.25, 0.3) is 0 Å². The molecule has 7 heteroatoms. The van der Waals surface area contributed by atoms with Gasteiger partial charge in [0.2, 0.25) is 10.0 Å². The van der Waals surface area contributed by atoms with Crippen LogP contribution < -0.4 is 0 Å². The third-order valence-electron chi connectivity index (χ3n) is 4.32. The maximum Gasteiger partial charge on any atom is 0.333 e. The molecular weight excluding hydrogens is 342 g/mol. The lowest BCUT2D eigenvalue weighted by molar-refractivity contribution is -0.133. The van der Waals surface area contributed by atoms with Crippen LogP contribution in [0, 0.1) is 6.92 Å². The molecule has 0 saturated carbocycles. The summed E-state index contributed by atoms with van der Waals surface area (Å²) < 4.78 is 33.1. The molecule has 0 aliphatic carbocycles. The number of sulfonamides is 1. The number of carbonyl (C=O) groups is 1. The van der Waals surface area contributed by atoms with Crippen LogP contribution in [0.4, 0.5) is 0 Å². The molecule has 0 spiro atoms. The Morgan fingerprint density at radius 3 is 2.44 bits per heavy atom. The van der Waals surface area contributed by atoms with Crippen LogP contribution in [0.1, 0.15) is 30.7 Å². The molecule has 0 amide bonds. The van der Waals surface area contributed by atoms with Crippen molar-refractivity contribution in [1.82, 2.24) is 4.31 Å². The smallest absolute Gasteiger partial charge is 0.333 e. The zero-order valence-electron chi connectivity index (χ0n) is 13.9. The van der Waals surface area contributed by atoms with Gasteiger partial charge in [0.05, 0.1) is 16.7 Å². The Hall–Kier alpha value is -2.38. The zero-order chi connectivity index (χ0) is 18.2. The summed E-state index contributed by atoms with van der Waals surface area (Å²) in [5, 5.41) is 9.55. The fourth-order valence-corrected chi connectivity index (χ4v) is 4.85. The number of aliphatic carboxylic acids is 1. The van der Waals surface area contributed by atoms with Crippen LogP contribution >= 0.6 is 0 Å². The molecule has 1 aliphatic rings. The molecule has 2 aromatic rings. The van der Waals surface area contributed by atoms with Gasteiger partial charge in [0, 0.05) is 6.04 Å². The largest absolute Gasteiger partial charge is 0.478 e. The Balaban J connectivity index is 2.14. The Labute approximate surface area is 146 Å². The van der Waals surface area contributed by atoms with E-state index in [-0.39, 0.29) is 10.5 Å². The highest BCUT2D eigenvalue weighted by molar-refractivity contribution is 7.89. The number of benzene rings is 1. The lowest BCUT2D eigenvalue weighted by Gasteiger charge is -2.28. The first kappa shape index (κ1) is 17.4. The summed E-state index contributed by atoms with van der Waals surface area (Å²) in [4.78, 5) is 11.8. The summed E-state index contributed by atoms with van der Waals surface area (Å²) in [6, 6.07) is 8.19. The van der Waals surface area contributed by atoms with Crippen LogP contribution in [-0.4, -0.2) is 29.8 Å². The topological polar surface area (TPSA) is 87.8 Å². The van der Waals surface area contributed by atoms with E-state index >= 15 is 0 Å². The van der Waals surface area contributed by atoms with E-state index in [1.54, 1.807) is 24.3 Å². The molecule has 1 N–H and O–H groups in total. The molecule has 2 heterocycles. The maximum absolute atomic E-state index is 13.2. The molecule has 0 fully saturated rings. The SMILES string of the molecule is CC[C@H]1C=C(C(=O)O)[C@@H](c2ccco2)N1S(=O)(=O)c1ccc(C)cc1. The number of aryl methyl sites for hydroxylation is 1. The first-order valence-corrected chi connectivity index (χ1v) is 9.39.